The molecule has 2 rings (SSSR count). The summed E-state index contributed by atoms with van der Waals surface area (Å²) >= 11 is 6.37. The summed E-state index contributed by atoms with van der Waals surface area (Å²) in [5, 5.41) is 8.84. The summed E-state index contributed by atoms with van der Waals surface area (Å²) in [4.78, 5) is 0. The second kappa shape index (κ2) is 6.92. The first-order valence-corrected chi connectivity index (χ1v) is 7.93. The third-order valence-electron chi connectivity index (χ3n) is 4.15. The standard InChI is InChI=1S/C15H26ClN3O/c1-5-6-17-14(12-7-10(2)20-9-12)8-13-11(3)18-19(4)15(13)16/h10,12,14,17H,5-9H2,1-4H3. The van der Waals surface area contributed by atoms with Gasteiger partial charge in [-0.2, -0.15) is 5.10 Å². The second-order valence-corrected chi connectivity index (χ2v) is 6.24. The molecule has 1 aromatic rings. The summed E-state index contributed by atoms with van der Waals surface area (Å²) in [5.41, 5.74) is 2.20. The number of halogens is 1. The maximum Gasteiger partial charge on any atom is 0.130 e. The number of hydrogen-bond acceptors (Lipinski definition) is 3. The van der Waals surface area contributed by atoms with Crippen LogP contribution >= 0.6 is 11.6 Å². The van der Waals surface area contributed by atoms with Crippen molar-refractivity contribution in [3.8, 4) is 0 Å². The molecule has 0 saturated carbocycles. The molecule has 0 spiro atoms. The van der Waals surface area contributed by atoms with Crippen LogP contribution in [0.2, 0.25) is 5.15 Å². The molecule has 2 heterocycles. The Bertz CT molecular complexity index is 447. The molecule has 0 radical (unpaired) electrons. The molecule has 1 aromatic heterocycles. The lowest BCUT2D eigenvalue weighted by molar-refractivity contribution is 0.117. The number of ether oxygens (including phenoxy) is 1. The van der Waals surface area contributed by atoms with E-state index in [-0.39, 0.29) is 0 Å². The molecule has 3 unspecified atom stereocenters. The smallest absolute Gasteiger partial charge is 0.130 e. The van der Waals surface area contributed by atoms with Crippen LogP contribution in [0.1, 0.15) is 37.9 Å². The fraction of sp³-hybridized carbons (Fsp3) is 0.800. The van der Waals surface area contributed by atoms with Crippen molar-refractivity contribution in [1.29, 1.82) is 0 Å². The molecule has 5 heteroatoms. The van der Waals surface area contributed by atoms with Gasteiger partial charge < -0.3 is 10.1 Å². The second-order valence-electron chi connectivity index (χ2n) is 5.88. The van der Waals surface area contributed by atoms with Crippen LogP contribution in [0.15, 0.2) is 0 Å². The van der Waals surface area contributed by atoms with Gasteiger partial charge in [-0.3, -0.25) is 4.68 Å². The molecule has 4 nitrogen and oxygen atoms in total. The molecule has 0 bridgehead atoms. The Kier molecular flexibility index (Phi) is 5.47. The van der Waals surface area contributed by atoms with Gasteiger partial charge in [0.15, 0.2) is 0 Å². The van der Waals surface area contributed by atoms with E-state index in [1.165, 1.54) is 5.56 Å². The van der Waals surface area contributed by atoms with E-state index in [0.29, 0.717) is 18.1 Å². The number of aryl methyl sites for hydroxylation is 2. The van der Waals surface area contributed by atoms with Crippen molar-refractivity contribution < 1.29 is 4.74 Å². The van der Waals surface area contributed by atoms with Crippen molar-refractivity contribution in [2.24, 2.45) is 13.0 Å². The predicted octanol–water partition coefficient (Wildman–Crippen LogP) is 2.72. The Morgan fingerprint density at radius 3 is 2.80 bits per heavy atom. The monoisotopic (exact) mass is 299 g/mol. The Labute approximate surface area is 126 Å². The molecule has 0 aliphatic carbocycles. The maximum atomic E-state index is 6.37. The molecule has 0 aromatic carbocycles. The van der Waals surface area contributed by atoms with Gasteiger partial charge in [0.25, 0.3) is 0 Å². The highest BCUT2D eigenvalue weighted by molar-refractivity contribution is 6.30. The van der Waals surface area contributed by atoms with E-state index in [1.807, 2.05) is 14.0 Å². The summed E-state index contributed by atoms with van der Waals surface area (Å²) in [6, 6.07) is 0.417. The van der Waals surface area contributed by atoms with E-state index in [2.05, 4.69) is 24.3 Å². The third-order valence-corrected chi connectivity index (χ3v) is 4.62. The van der Waals surface area contributed by atoms with E-state index >= 15 is 0 Å². The zero-order valence-corrected chi connectivity index (χ0v) is 13.7. The van der Waals surface area contributed by atoms with E-state index in [0.717, 1.165) is 43.3 Å². The molecule has 1 N–H and O–H groups in total. The largest absolute Gasteiger partial charge is 0.378 e. The van der Waals surface area contributed by atoms with E-state index in [1.54, 1.807) is 4.68 Å². The van der Waals surface area contributed by atoms with Crippen molar-refractivity contribution in [2.75, 3.05) is 13.2 Å². The van der Waals surface area contributed by atoms with Gasteiger partial charge in [0, 0.05) is 24.6 Å². The molecule has 114 valence electrons. The minimum atomic E-state index is 0.372. The molecular formula is C15H26ClN3O. The van der Waals surface area contributed by atoms with Gasteiger partial charge in [-0.1, -0.05) is 18.5 Å². The summed E-state index contributed by atoms with van der Waals surface area (Å²) in [6.45, 7) is 8.26. The van der Waals surface area contributed by atoms with Crippen LogP contribution in [0.25, 0.3) is 0 Å². The number of hydrogen-bond donors (Lipinski definition) is 1. The average molecular weight is 300 g/mol. The fourth-order valence-corrected chi connectivity index (χ4v) is 3.24. The van der Waals surface area contributed by atoms with E-state index in [9.17, 15) is 0 Å². The van der Waals surface area contributed by atoms with Gasteiger partial charge in [-0.25, -0.2) is 0 Å². The summed E-state index contributed by atoms with van der Waals surface area (Å²) in [6.07, 6.45) is 3.56. The molecular weight excluding hydrogens is 274 g/mol. The molecule has 1 aliphatic rings. The van der Waals surface area contributed by atoms with Crippen molar-refractivity contribution in [1.82, 2.24) is 15.1 Å². The normalized spacial score (nSPS) is 24.2. The van der Waals surface area contributed by atoms with Crippen molar-refractivity contribution >= 4 is 11.6 Å². The molecule has 1 aliphatic heterocycles. The summed E-state index contributed by atoms with van der Waals surface area (Å²) in [5.74, 6) is 0.562. The number of nitrogens with one attached hydrogen (secondary N) is 1. The third kappa shape index (κ3) is 3.54. The van der Waals surface area contributed by atoms with Crippen LogP contribution in [-0.2, 0) is 18.2 Å². The average Bonchev–Trinajstić information content (AvgIpc) is 2.93. The highest BCUT2D eigenvalue weighted by atomic mass is 35.5. The Morgan fingerprint density at radius 2 is 2.30 bits per heavy atom. The first-order valence-electron chi connectivity index (χ1n) is 7.55. The number of aromatic nitrogens is 2. The molecule has 3 atom stereocenters. The first-order chi connectivity index (χ1) is 9.52. The fourth-order valence-electron chi connectivity index (χ4n) is 2.99. The van der Waals surface area contributed by atoms with E-state index < -0.39 is 0 Å². The zero-order chi connectivity index (χ0) is 14.7. The van der Waals surface area contributed by atoms with Crippen LogP contribution in [-0.4, -0.2) is 35.1 Å². The van der Waals surface area contributed by atoms with Crippen LogP contribution in [0.3, 0.4) is 0 Å². The molecule has 1 fully saturated rings. The zero-order valence-electron chi connectivity index (χ0n) is 12.9. The summed E-state index contributed by atoms with van der Waals surface area (Å²) in [7, 11) is 1.90. The Morgan fingerprint density at radius 1 is 1.55 bits per heavy atom. The van der Waals surface area contributed by atoms with E-state index in [4.69, 9.17) is 16.3 Å². The Balaban J connectivity index is 2.10. The van der Waals surface area contributed by atoms with Gasteiger partial charge in [0.2, 0.25) is 0 Å². The highest BCUT2D eigenvalue weighted by Gasteiger charge is 2.30. The lowest BCUT2D eigenvalue weighted by atomic mass is 9.91. The minimum absolute atomic E-state index is 0.372. The van der Waals surface area contributed by atoms with Gasteiger partial charge >= 0.3 is 0 Å². The van der Waals surface area contributed by atoms with Gasteiger partial charge in [-0.15, -0.1) is 0 Å². The lowest BCUT2D eigenvalue weighted by Crippen LogP contribution is -2.39. The number of rotatable bonds is 6. The van der Waals surface area contributed by atoms with Crippen molar-refractivity contribution in [3.05, 3.63) is 16.4 Å². The maximum absolute atomic E-state index is 6.37. The first kappa shape index (κ1) is 15.8. The van der Waals surface area contributed by atoms with Crippen LogP contribution in [0.4, 0.5) is 0 Å². The van der Waals surface area contributed by atoms with Crippen LogP contribution in [0, 0.1) is 12.8 Å². The summed E-state index contributed by atoms with van der Waals surface area (Å²) < 4.78 is 7.50. The number of nitrogens with zero attached hydrogens (tertiary/aromatic N) is 2. The minimum Gasteiger partial charge on any atom is -0.378 e. The quantitative estimate of drug-likeness (QED) is 0.878. The van der Waals surface area contributed by atoms with Crippen molar-refractivity contribution in [3.63, 3.8) is 0 Å². The van der Waals surface area contributed by atoms with Crippen LogP contribution < -0.4 is 5.32 Å². The topological polar surface area (TPSA) is 39.1 Å². The Hall–Kier alpha value is -0.580. The SMILES string of the molecule is CCCNC(Cc1c(C)nn(C)c1Cl)C1COC(C)C1. The molecule has 0 amide bonds. The van der Waals surface area contributed by atoms with Crippen LogP contribution in [0.5, 0.6) is 0 Å². The lowest BCUT2D eigenvalue weighted by Gasteiger charge is -2.24. The van der Waals surface area contributed by atoms with Gasteiger partial charge in [-0.05, 0) is 39.7 Å². The van der Waals surface area contributed by atoms with Gasteiger partial charge in [0.1, 0.15) is 5.15 Å². The predicted molar refractivity (Wildman–Crippen MR) is 82.3 cm³/mol. The van der Waals surface area contributed by atoms with Crippen molar-refractivity contribution in [2.45, 2.75) is 52.2 Å². The highest BCUT2D eigenvalue weighted by Crippen LogP contribution is 2.27. The van der Waals surface area contributed by atoms with Gasteiger partial charge in [0.05, 0.1) is 18.4 Å². The molecule has 20 heavy (non-hydrogen) atoms. The molecule has 1 saturated heterocycles.